The van der Waals surface area contributed by atoms with Crippen molar-refractivity contribution in [1.29, 1.82) is 0 Å². The molecule has 0 radical (unpaired) electrons. The summed E-state index contributed by atoms with van der Waals surface area (Å²) in [6, 6.07) is 3.50. The molecule has 0 unspecified atom stereocenters. The summed E-state index contributed by atoms with van der Waals surface area (Å²) in [6.45, 7) is 0. The van der Waals surface area contributed by atoms with Crippen molar-refractivity contribution in [3.63, 3.8) is 0 Å². The van der Waals surface area contributed by atoms with Crippen LogP contribution in [-0.4, -0.2) is 21.2 Å². The average molecular weight is 152 g/mol. The molecular weight excluding hydrogens is 144 g/mol. The van der Waals surface area contributed by atoms with E-state index in [4.69, 9.17) is 10.9 Å². The predicted octanol–water partition coefficient (Wildman–Crippen LogP) is -0.235. The number of aromatic nitrogens is 2. The zero-order valence-electron chi connectivity index (χ0n) is 5.81. The maximum Gasteiger partial charge on any atom is 0.145 e. The topological polar surface area (TPSA) is 84.4 Å². The van der Waals surface area contributed by atoms with Crippen LogP contribution in [0.5, 0.6) is 0 Å². The molecule has 3 N–H and O–H groups in total. The van der Waals surface area contributed by atoms with Gasteiger partial charge in [0.1, 0.15) is 5.84 Å². The Morgan fingerprint density at radius 3 is 3.09 bits per heavy atom. The van der Waals surface area contributed by atoms with Crippen molar-refractivity contribution in [2.75, 3.05) is 0 Å². The maximum absolute atomic E-state index is 8.21. The van der Waals surface area contributed by atoms with E-state index in [-0.39, 0.29) is 5.84 Å². The summed E-state index contributed by atoms with van der Waals surface area (Å²) in [5.41, 5.74) is 5.92. The summed E-state index contributed by atoms with van der Waals surface area (Å²) in [4.78, 5) is 0. The summed E-state index contributed by atoms with van der Waals surface area (Å²) in [7, 11) is 0. The van der Waals surface area contributed by atoms with E-state index in [0.717, 1.165) is 0 Å². The lowest BCUT2D eigenvalue weighted by atomic mass is 10.3. The van der Waals surface area contributed by atoms with E-state index in [1.165, 1.54) is 0 Å². The van der Waals surface area contributed by atoms with E-state index in [1.807, 2.05) is 0 Å². The van der Waals surface area contributed by atoms with Crippen LogP contribution >= 0.6 is 0 Å². The maximum atomic E-state index is 8.21. The minimum atomic E-state index is 0.130. The molecule has 1 rings (SSSR count). The van der Waals surface area contributed by atoms with Gasteiger partial charge >= 0.3 is 0 Å². The van der Waals surface area contributed by atoms with Crippen LogP contribution in [0.15, 0.2) is 23.5 Å². The first-order valence-corrected chi connectivity index (χ1v) is 3.06. The van der Waals surface area contributed by atoms with Crippen molar-refractivity contribution >= 4 is 5.84 Å². The minimum Gasteiger partial charge on any atom is -0.409 e. The molecule has 1 aromatic rings. The number of nitrogens with two attached hydrogens (primary N) is 1. The quantitative estimate of drug-likeness (QED) is 0.265. The number of amidine groups is 1. The lowest BCUT2D eigenvalue weighted by molar-refractivity contribution is 0.317. The van der Waals surface area contributed by atoms with Crippen LogP contribution in [0.25, 0.3) is 0 Å². The van der Waals surface area contributed by atoms with Crippen LogP contribution in [0.2, 0.25) is 0 Å². The highest BCUT2D eigenvalue weighted by atomic mass is 16.4. The number of oxime groups is 1. The van der Waals surface area contributed by atoms with Crippen LogP contribution < -0.4 is 5.73 Å². The predicted molar refractivity (Wildman–Crippen MR) is 39.1 cm³/mol. The smallest absolute Gasteiger partial charge is 0.145 e. The molecule has 0 atom stereocenters. The highest BCUT2D eigenvalue weighted by Crippen LogP contribution is 1.91. The second-order valence-corrected chi connectivity index (χ2v) is 1.98. The molecule has 0 saturated heterocycles. The van der Waals surface area contributed by atoms with Crippen LogP contribution in [-0.2, 0) is 6.42 Å². The Morgan fingerprint density at radius 1 is 1.73 bits per heavy atom. The molecule has 0 aliphatic carbocycles. The summed E-state index contributed by atoms with van der Waals surface area (Å²) in [5, 5.41) is 18.4. The SMILES string of the molecule is N/C(Cc1cccnn1)=N/O. The zero-order valence-corrected chi connectivity index (χ0v) is 5.81. The average Bonchev–Trinajstić information content (AvgIpc) is 2.06. The highest BCUT2D eigenvalue weighted by molar-refractivity contribution is 5.81. The van der Waals surface area contributed by atoms with Crippen molar-refractivity contribution in [3.05, 3.63) is 24.0 Å². The molecule has 0 fully saturated rings. The normalized spacial score (nSPS) is 11.5. The number of rotatable bonds is 2. The molecule has 0 amide bonds. The van der Waals surface area contributed by atoms with E-state index in [2.05, 4.69) is 15.4 Å². The van der Waals surface area contributed by atoms with Gasteiger partial charge in [-0.3, -0.25) is 0 Å². The molecule has 58 valence electrons. The molecule has 0 aliphatic heterocycles. The summed E-state index contributed by atoms with van der Waals surface area (Å²) < 4.78 is 0. The van der Waals surface area contributed by atoms with Gasteiger partial charge < -0.3 is 10.9 Å². The minimum absolute atomic E-state index is 0.130. The lowest BCUT2D eigenvalue weighted by Crippen LogP contribution is -2.15. The van der Waals surface area contributed by atoms with Crippen molar-refractivity contribution in [1.82, 2.24) is 10.2 Å². The first-order chi connectivity index (χ1) is 5.33. The van der Waals surface area contributed by atoms with Gasteiger partial charge in [0.2, 0.25) is 0 Å². The van der Waals surface area contributed by atoms with Gasteiger partial charge in [0.15, 0.2) is 0 Å². The van der Waals surface area contributed by atoms with Crippen LogP contribution in [0, 0.1) is 0 Å². The lowest BCUT2D eigenvalue weighted by Gasteiger charge is -1.94. The Balaban J connectivity index is 2.65. The van der Waals surface area contributed by atoms with Gasteiger partial charge in [-0.15, -0.1) is 0 Å². The molecule has 11 heavy (non-hydrogen) atoms. The summed E-state index contributed by atoms with van der Waals surface area (Å²) in [5.74, 6) is 0.130. The standard InChI is InChI=1S/C6H8N4O/c7-6(10-11)4-5-2-1-3-8-9-5/h1-3,11H,4H2,(H2,7,10). The molecule has 0 saturated carbocycles. The zero-order chi connectivity index (χ0) is 8.10. The molecule has 0 aliphatic rings. The third kappa shape index (κ3) is 2.21. The van der Waals surface area contributed by atoms with E-state index in [9.17, 15) is 0 Å². The summed E-state index contributed by atoms with van der Waals surface area (Å²) in [6.07, 6.45) is 1.89. The Bertz CT molecular complexity index is 246. The van der Waals surface area contributed by atoms with Gasteiger partial charge in [-0.1, -0.05) is 5.16 Å². The second-order valence-electron chi connectivity index (χ2n) is 1.98. The number of nitrogens with zero attached hydrogens (tertiary/aromatic N) is 3. The third-order valence-corrected chi connectivity index (χ3v) is 1.12. The molecular formula is C6H8N4O. The number of hydrogen-bond donors (Lipinski definition) is 2. The fourth-order valence-electron chi connectivity index (χ4n) is 0.649. The van der Waals surface area contributed by atoms with Gasteiger partial charge in [0, 0.05) is 6.20 Å². The Hall–Kier alpha value is -1.65. The van der Waals surface area contributed by atoms with Crippen molar-refractivity contribution in [2.45, 2.75) is 6.42 Å². The van der Waals surface area contributed by atoms with Gasteiger partial charge in [-0.25, -0.2) is 0 Å². The highest BCUT2D eigenvalue weighted by Gasteiger charge is 1.96. The molecule has 1 heterocycles. The molecule has 1 aromatic heterocycles. The Kier molecular flexibility index (Phi) is 2.37. The van der Waals surface area contributed by atoms with Crippen LogP contribution in [0.4, 0.5) is 0 Å². The Morgan fingerprint density at radius 2 is 2.55 bits per heavy atom. The van der Waals surface area contributed by atoms with Crippen LogP contribution in [0.1, 0.15) is 5.69 Å². The van der Waals surface area contributed by atoms with E-state index >= 15 is 0 Å². The number of hydrogen-bond acceptors (Lipinski definition) is 4. The molecule has 0 aromatic carbocycles. The molecule has 5 nitrogen and oxygen atoms in total. The van der Waals surface area contributed by atoms with Gasteiger partial charge in [-0.2, -0.15) is 10.2 Å². The van der Waals surface area contributed by atoms with Gasteiger partial charge in [-0.05, 0) is 12.1 Å². The third-order valence-electron chi connectivity index (χ3n) is 1.12. The first-order valence-electron chi connectivity index (χ1n) is 3.06. The largest absolute Gasteiger partial charge is 0.409 e. The van der Waals surface area contributed by atoms with Crippen molar-refractivity contribution < 1.29 is 5.21 Å². The van der Waals surface area contributed by atoms with E-state index < -0.39 is 0 Å². The van der Waals surface area contributed by atoms with Crippen molar-refractivity contribution in [3.8, 4) is 0 Å². The molecule has 0 spiro atoms. The molecule has 5 heteroatoms. The van der Waals surface area contributed by atoms with Gasteiger partial charge in [0.05, 0.1) is 12.1 Å². The second kappa shape index (κ2) is 3.50. The molecule has 0 bridgehead atoms. The van der Waals surface area contributed by atoms with Crippen LogP contribution in [0.3, 0.4) is 0 Å². The van der Waals surface area contributed by atoms with Crippen molar-refractivity contribution in [2.24, 2.45) is 10.9 Å². The van der Waals surface area contributed by atoms with E-state index in [0.29, 0.717) is 12.1 Å². The fourth-order valence-corrected chi connectivity index (χ4v) is 0.649. The summed E-state index contributed by atoms with van der Waals surface area (Å²) >= 11 is 0. The first kappa shape index (κ1) is 7.46. The fraction of sp³-hybridized carbons (Fsp3) is 0.167. The van der Waals surface area contributed by atoms with E-state index in [1.54, 1.807) is 18.3 Å². The Labute approximate surface area is 63.6 Å². The monoisotopic (exact) mass is 152 g/mol. The van der Waals surface area contributed by atoms with Gasteiger partial charge in [0.25, 0.3) is 0 Å².